The first kappa shape index (κ1) is 15.2. The molecule has 1 amide bonds. The normalized spacial score (nSPS) is 15.6. The van der Waals surface area contributed by atoms with Gasteiger partial charge in [-0.3, -0.25) is 9.78 Å². The summed E-state index contributed by atoms with van der Waals surface area (Å²) in [7, 11) is 1.86. The van der Waals surface area contributed by atoms with Crippen molar-refractivity contribution in [3.8, 4) is 0 Å². The fraction of sp³-hybridized carbons (Fsp3) is 0.222. The van der Waals surface area contributed by atoms with Crippen molar-refractivity contribution in [1.29, 1.82) is 0 Å². The minimum absolute atomic E-state index is 0.0387. The predicted molar refractivity (Wildman–Crippen MR) is 92.3 cm³/mol. The molecule has 1 aromatic carbocycles. The minimum Gasteiger partial charge on any atom is -0.374 e. The van der Waals surface area contributed by atoms with Crippen molar-refractivity contribution in [1.82, 2.24) is 15.6 Å². The van der Waals surface area contributed by atoms with Crippen LogP contribution in [0.3, 0.4) is 0 Å². The van der Waals surface area contributed by atoms with Crippen molar-refractivity contribution in [2.45, 2.75) is 6.04 Å². The van der Waals surface area contributed by atoms with Crippen LogP contribution in [0, 0.1) is 0 Å². The summed E-state index contributed by atoms with van der Waals surface area (Å²) in [5.41, 5.74) is 3.68. The number of rotatable bonds is 5. The standard InChI is InChI=1S/C18H20N4O/c1-19-11-12-21-18(23)15-4-2-3-14-5-6-16(22-17(14)15)13-7-9-20-10-8-13/h2-10,16,19,22H,11-12H2,1H3,(H,21,23). The number of likely N-dealkylation sites (N-methyl/N-ethyl adjacent to an activating group) is 1. The van der Waals surface area contributed by atoms with Gasteiger partial charge in [-0.05, 0) is 36.4 Å². The van der Waals surface area contributed by atoms with Crippen LogP contribution in [0.1, 0.15) is 27.5 Å². The maximum absolute atomic E-state index is 12.4. The molecule has 0 saturated heterocycles. The maximum atomic E-state index is 12.4. The molecule has 3 N–H and O–H groups in total. The highest BCUT2D eigenvalue weighted by Crippen LogP contribution is 2.32. The number of carbonyl (C=O) groups is 1. The van der Waals surface area contributed by atoms with E-state index in [-0.39, 0.29) is 11.9 Å². The Balaban J connectivity index is 1.84. The lowest BCUT2D eigenvalue weighted by molar-refractivity contribution is 0.0955. The summed E-state index contributed by atoms with van der Waals surface area (Å²) in [6, 6.07) is 9.75. The summed E-state index contributed by atoms with van der Waals surface area (Å²) >= 11 is 0. The molecule has 118 valence electrons. The van der Waals surface area contributed by atoms with Crippen LogP contribution in [0.4, 0.5) is 5.69 Å². The van der Waals surface area contributed by atoms with Gasteiger partial charge in [0.05, 0.1) is 17.3 Å². The molecule has 5 heteroatoms. The maximum Gasteiger partial charge on any atom is 0.253 e. The molecule has 0 spiro atoms. The molecule has 23 heavy (non-hydrogen) atoms. The molecule has 1 unspecified atom stereocenters. The molecule has 1 atom stereocenters. The van der Waals surface area contributed by atoms with Gasteiger partial charge in [0.1, 0.15) is 0 Å². The van der Waals surface area contributed by atoms with Crippen LogP contribution < -0.4 is 16.0 Å². The molecular weight excluding hydrogens is 288 g/mol. The summed E-state index contributed by atoms with van der Waals surface area (Å²) in [6.45, 7) is 1.34. The Morgan fingerprint density at radius 1 is 1.22 bits per heavy atom. The Bertz CT molecular complexity index is 712. The summed E-state index contributed by atoms with van der Waals surface area (Å²) in [5, 5.41) is 9.41. The average Bonchev–Trinajstić information content (AvgIpc) is 2.61. The number of nitrogens with zero attached hydrogens (tertiary/aromatic N) is 1. The second-order valence-electron chi connectivity index (χ2n) is 5.39. The van der Waals surface area contributed by atoms with Gasteiger partial charge in [-0.25, -0.2) is 0 Å². The lowest BCUT2D eigenvalue weighted by Crippen LogP contribution is -2.31. The molecule has 0 aliphatic carbocycles. The van der Waals surface area contributed by atoms with Crippen LogP contribution >= 0.6 is 0 Å². The summed E-state index contributed by atoms with van der Waals surface area (Å²) in [5.74, 6) is -0.0617. The van der Waals surface area contributed by atoms with Gasteiger partial charge in [-0.2, -0.15) is 0 Å². The van der Waals surface area contributed by atoms with Crippen LogP contribution in [0.5, 0.6) is 0 Å². The Hall–Kier alpha value is -2.66. The number of aromatic nitrogens is 1. The van der Waals surface area contributed by atoms with E-state index in [4.69, 9.17) is 0 Å². The van der Waals surface area contributed by atoms with E-state index in [1.165, 1.54) is 0 Å². The van der Waals surface area contributed by atoms with Crippen molar-refractivity contribution in [2.24, 2.45) is 0 Å². The average molecular weight is 308 g/mol. The number of anilines is 1. The van der Waals surface area contributed by atoms with E-state index < -0.39 is 0 Å². The van der Waals surface area contributed by atoms with Crippen LogP contribution in [0.15, 0.2) is 48.8 Å². The van der Waals surface area contributed by atoms with E-state index in [9.17, 15) is 4.79 Å². The van der Waals surface area contributed by atoms with E-state index in [2.05, 4.69) is 33.1 Å². The zero-order valence-corrected chi connectivity index (χ0v) is 13.0. The number of amides is 1. The summed E-state index contributed by atoms with van der Waals surface area (Å²) in [6.07, 6.45) is 7.70. The van der Waals surface area contributed by atoms with Gasteiger partial charge in [0, 0.05) is 25.5 Å². The van der Waals surface area contributed by atoms with Crippen molar-refractivity contribution in [3.05, 3.63) is 65.5 Å². The SMILES string of the molecule is CNCCNC(=O)c1cccc2c1NC(c1ccncc1)C=C2. The number of hydrogen-bond acceptors (Lipinski definition) is 4. The number of pyridine rings is 1. The third-order valence-corrected chi connectivity index (χ3v) is 3.84. The largest absolute Gasteiger partial charge is 0.374 e. The van der Waals surface area contributed by atoms with Crippen LogP contribution in [0.25, 0.3) is 6.08 Å². The minimum atomic E-state index is -0.0617. The summed E-state index contributed by atoms with van der Waals surface area (Å²) in [4.78, 5) is 16.5. The van der Waals surface area contributed by atoms with E-state index >= 15 is 0 Å². The monoisotopic (exact) mass is 308 g/mol. The van der Waals surface area contributed by atoms with Crippen LogP contribution in [-0.2, 0) is 0 Å². The highest BCUT2D eigenvalue weighted by atomic mass is 16.1. The van der Waals surface area contributed by atoms with E-state index in [1.807, 2.05) is 37.4 Å². The second-order valence-corrected chi connectivity index (χ2v) is 5.39. The number of benzene rings is 1. The number of nitrogens with one attached hydrogen (secondary N) is 3. The molecule has 5 nitrogen and oxygen atoms in total. The smallest absolute Gasteiger partial charge is 0.253 e. The van der Waals surface area contributed by atoms with Gasteiger partial charge >= 0.3 is 0 Å². The molecule has 2 aromatic rings. The van der Waals surface area contributed by atoms with Crippen molar-refractivity contribution < 1.29 is 4.79 Å². The number of hydrogen-bond donors (Lipinski definition) is 3. The van der Waals surface area contributed by atoms with Crippen LogP contribution in [0.2, 0.25) is 0 Å². The topological polar surface area (TPSA) is 66.0 Å². The van der Waals surface area contributed by atoms with E-state index in [1.54, 1.807) is 12.4 Å². The Labute approximate surface area is 135 Å². The molecule has 1 aromatic heterocycles. The molecule has 3 rings (SSSR count). The highest BCUT2D eigenvalue weighted by Gasteiger charge is 2.20. The molecule has 0 fully saturated rings. The fourth-order valence-electron chi connectivity index (χ4n) is 2.62. The zero-order valence-electron chi connectivity index (χ0n) is 13.0. The van der Waals surface area contributed by atoms with Gasteiger partial charge in [-0.15, -0.1) is 0 Å². The molecule has 0 bridgehead atoms. The van der Waals surface area contributed by atoms with Crippen LogP contribution in [-0.4, -0.2) is 31.0 Å². The van der Waals surface area contributed by atoms with Gasteiger partial charge in [-0.1, -0.05) is 24.3 Å². The Kier molecular flexibility index (Phi) is 4.68. The molecule has 0 radical (unpaired) electrons. The first-order valence-electron chi connectivity index (χ1n) is 7.70. The first-order valence-corrected chi connectivity index (χ1v) is 7.70. The number of para-hydroxylation sites is 1. The lowest BCUT2D eigenvalue weighted by atomic mass is 9.97. The van der Waals surface area contributed by atoms with Gasteiger partial charge in [0.15, 0.2) is 0 Å². The quantitative estimate of drug-likeness (QED) is 0.741. The molecule has 0 saturated carbocycles. The van der Waals surface area contributed by atoms with Gasteiger partial charge < -0.3 is 16.0 Å². The van der Waals surface area contributed by atoms with Gasteiger partial charge in [0.2, 0.25) is 0 Å². The van der Waals surface area contributed by atoms with Crippen molar-refractivity contribution >= 4 is 17.7 Å². The van der Waals surface area contributed by atoms with E-state index in [0.717, 1.165) is 23.4 Å². The molecule has 1 aliphatic rings. The number of fused-ring (bicyclic) bond motifs is 1. The number of carbonyl (C=O) groups excluding carboxylic acids is 1. The predicted octanol–water partition coefficient (Wildman–Crippen LogP) is 2.21. The highest BCUT2D eigenvalue weighted by molar-refractivity contribution is 6.02. The summed E-state index contributed by atoms with van der Waals surface area (Å²) < 4.78 is 0. The Morgan fingerprint density at radius 2 is 2.04 bits per heavy atom. The molecule has 1 aliphatic heterocycles. The lowest BCUT2D eigenvalue weighted by Gasteiger charge is -2.24. The van der Waals surface area contributed by atoms with Crippen molar-refractivity contribution in [2.75, 3.05) is 25.5 Å². The van der Waals surface area contributed by atoms with Crippen molar-refractivity contribution in [3.63, 3.8) is 0 Å². The second kappa shape index (κ2) is 7.07. The van der Waals surface area contributed by atoms with Gasteiger partial charge in [0.25, 0.3) is 5.91 Å². The third-order valence-electron chi connectivity index (χ3n) is 3.84. The van der Waals surface area contributed by atoms with E-state index in [0.29, 0.717) is 12.1 Å². The third kappa shape index (κ3) is 3.40. The fourth-order valence-corrected chi connectivity index (χ4v) is 2.62. The zero-order chi connectivity index (χ0) is 16.1. The Morgan fingerprint density at radius 3 is 2.83 bits per heavy atom. The molecule has 2 heterocycles. The first-order chi connectivity index (χ1) is 11.3. The molecular formula is C18H20N4O.